The minimum Gasteiger partial charge on any atom is -0.147 e. The molecule has 0 nitrogen and oxygen atoms in total. The van der Waals surface area contributed by atoms with E-state index in [0.717, 1.165) is 16.4 Å². The van der Waals surface area contributed by atoms with Gasteiger partial charge in [-0.25, -0.2) is 0 Å². The summed E-state index contributed by atoms with van der Waals surface area (Å²) in [6, 6.07) is 0. The third-order valence-electron chi connectivity index (χ3n) is 5.79. The van der Waals surface area contributed by atoms with Gasteiger partial charge >= 0.3 is 0 Å². The van der Waals surface area contributed by atoms with E-state index in [4.69, 9.17) is 0 Å². The predicted molar refractivity (Wildman–Crippen MR) is 106 cm³/mol. The molecule has 0 amide bonds. The largest absolute Gasteiger partial charge is 0.147 e. The minimum absolute atomic E-state index is 0.622. The van der Waals surface area contributed by atoms with E-state index in [-0.39, 0.29) is 0 Å². The Morgan fingerprint density at radius 3 is 2.14 bits per heavy atom. The van der Waals surface area contributed by atoms with Gasteiger partial charge in [0, 0.05) is 11.5 Å². The molecule has 1 aliphatic carbocycles. The Kier molecular flexibility index (Phi) is 8.53. The van der Waals surface area contributed by atoms with Crippen LogP contribution >= 0.6 is 23.5 Å². The lowest BCUT2D eigenvalue weighted by Crippen LogP contribution is -2.33. The van der Waals surface area contributed by atoms with E-state index >= 15 is 0 Å². The molecule has 1 saturated carbocycles. The molecule has 0 bridgehead atoms. The molecule has 130 valence electrons. The molecule has 22 heavy (non-hydrogen) atoms. The zero-order valence-corrected chi connectivity index (χ0v) is 16.9. The van der Waals surface area contributed by atoms with E-state index in [1.54, 1.807) is 0 Å². The molecule has 2 heteroatoms. The Bertz CT molecular complexity index is 286. The molecule has 0 spiro atoms. The van der Waals surface area contributed by atoms with E-state index in [1.165, 1.54) is 82.1 Å². The molecule has 2 aliphatic rings. The Morgan fingerprint density at radius 1 is 0.864 bits per heavy atom. The Morgan fingerprint density at radius 2 is 1.55 bits per heavy atom. The van der Waals surface area contributed by atoms with Crippen molar-refractivity contribution in [2.24, 2.45) is 17.3 Å². The van der Waals surface area contributed by atoms with Gasteiger partial charge in [-0.15, -0.1) is 23.5 Å². The van der Waals surface area contributed by atoms with Crippen molar-refractivity contribution < 1.29 is 0 Å². The summed E-state index contributed by atoms with van der Waals surface area (Å²) >= 11 is 4.61. The van der Waals surface area contributed by atoms with Gasteiger partial charge in [-0.05, 0) is 36.5 Å². The highest BCUT2D eigenvalue weighted by molar-refractivity contribution is 8.17. The Labute approximate surface area is 148 Å². The first-order chi connectivity index (χ1) is 10.7. The quantitative estimate of drug-likeness (QED) is 0.422. The van der Waals surface area contributed by atoms with Crippen molar-refractivity contribution >= 4 is 23.5 Å². The standard InChI is InChI=1S/C20H38S2/c1-4-6-7-8-9-17-10-12-18(13-11-17)19-21-15-20(3,14-5-2)16-22-19/h17-19H,4-16H2,1-3H3. The van der Waals surface area contributed by atoms with E-state index in [9.17, 15) is 0 Å². The van der Waals surface area contributed by atoms with E-state index < -0.39 is 0 Å². The van der Waals surface area contributed by atoms with Gasteiger partial charge < -0.3 is 0 Å². The van der Waals surface area contributed by atoms with Crippen LogP contribution in [0.3, 0.4) is 0 Å². The lowest BCUT2D eigenvalue weighted by Gasteiger charge is -2.41. The summed E-state index contributed by atoms with van der Waals surface area (Å²) in [7, 11) is 0. The smallest absolute Gasteiger partial charge is 0.0531 e. The number of rotatable bonds is 8. The molecule has 0 aromatic rings. The van der Waals surface area contributed by atoms with Crippen molar-refractivity contribution in [1.82, 2.24) is 0 Å². The molecular weight excluding hydrogens is 304 g/mol. The molecule has 1 saturated heterocycles. The van der Waals surface area contributed by atoms with Crippen LogP contribution in [0.5, 0.6) is 0 Å². The molecule has 0 aromatic carbocycles. The van der Waals surface area contributed by atoms with Crippen molar-refractivity contribution in [2.75, 3.05) is 11.5 Å². The molecule has 0 unspecified atom stereocenters. The van der Waals surface area contributed by atoms with E-state index in [1.807, 2.05) is 0 Å². The molecule has 1 aliphatic heterocycles. The van der Waals surface area contributed by atoms with Crippen molar-refractivity contribution in [3.63, 3.8) is 0 Å². The first kappa shape index (κ1) is 19.0. The number of hydrogen-bond donors (Lipinski definition) is 0. The Hall–Kier alpha value is 0.700. The van der Waals surface area contributed by atoms with E-state index in [0.29, 0.717) is 5.41 Å². The van der Waals surface area contributed by atoms with Crippen molar-refractivity contribution in [3.8, 4) is 0 Å². The van der Waals surface area contributed by atoms with Gasteiger partial charge in [0.05, 0.1) is 4.58 Å². The molecule has 2 rings (SSSR count). The fraction of sp³-hybridized carbons (Fsp3) is 1.00. The maximum absolute atomic E-state index is 2.51. The van der Waals surface area contributed by atoms with Gasteiger partial charge in [0.1, 0.15) is 0 Å². The zero-order valence-electron chi connectivity index (χ0n) is 15.2. The van der Waals surface area contributed by atoms with Crippen LogP contribution in [0.2, 0.25) is 0 Å². The van der Waals surface area contributed by atoms with Crippen LogP contribution in [0.1, 0.15) is 91.4 Å². The number of hydrogen-bond acceptors (Lipinski definition) is 2. The summed E-state index contributed by atoms with van der Waals surface area (Å²) in [6.07, 6.45) is 16.2. The summed E-state index contributed by atoms with van der Waals surface area (Å²) < 4.78 is 0.922. The van der Waals surface area contributed by atoms with Gasteiger partial charge in [0.15, 0.2) is 0 Å². The first-order valence-corrected chi connectivity index (χ1v) is 12.0. The molecule has 0 radical (unpaired) electrons. The average Bonchev–Trinajstić information content (AvgIpc) is 2.53. The highest BCUT2D eigenvalue weighted by Gasteiger charge is 2.36. The summed E-state index contributed by atoms with van der Waals surface area (Å²) in [5, 5.41) is 0. The molecule has 2 fully saturated rings. The predicted octanol–water partition coefficient (Wildman–Crippen LogP) is 7.38. The highest BCUT2D eigenvalue weighted by atomic mass is 32.2. The van der Waals surface area contributed by atoms with Gasteiger partial charge in [-0.3, -0.25) is 0 Å². The lowest BCUT2D eigenvalue weighted by molar-refractivity contribution is 0.268. The number of thioether (sulfide) groups is 2. The fourth-order valence-electron chi connectivity index (χ4n) is 4.29. The van der Waals surface area contributed by atoms with Gasteiger partial charge in [-0.1, -0.05) is 72.1 Å². The van der Waals surface area contributed by atoms with Gasteiger partial charge in [-0.2, -0.15) is 0 Å². The topological polar surface area (TPSA) is 0 Å². The van der Waals surface area contributed by atoms with Crippen LogP contribution in [0.4, 0.5) is 0 Å². The maximum atomic E-state index is 2.51. The van der Waals surface area contributed by atoms with Crippen LogP contribution in [0.25, 0.3) is 0 Å². The minimum atomic E-state index is 0.622. The fourth-order valence-corrected chi connectivity index (χ4v) is 7.92. The van der Waals surface area contributed by atoms with Crippen LogP contribution < -0.4 is 0 Å². The summed E-state index contributed by atoms with van der Waals surface area (Å²) in [6.45, 7) is 7.17. The Balaban J connectivity index is 1.63. The van der Waals surface area contributed by atoms with Crippen LogP contribution in [0, 0.1) is 17.3 Å². The summed E-state index contributed by atoms with van der Waals surface area (Å²) in [5.41, 5.74) is 0.622. The second kappa shape index (κ2) is 9.87. The summed E-state index contributed by atoms with van der Waals surface area (Å²) in [4.78, 5) is 0. The van der Waals surface area contributed by atoms with Crippen LogP contribution in [-0.4, -0.2) is 16.1 Å². The SMILES string of the molecule is CCCCCCC1CCC(C2SCC(C)(CCC)CS2)CC1. The monoisotopic (exact) mass is 342 g/mol. The second-order valence-corrected chi connectivity index (χ2v) is 10.7. The van der Waals surface area contributed by atoms with Crippen LogP contribution in [-0.2, 0) is 0 Å². The van der Waals surface area contributed by atoms with Crippen LogP contribution in [0.15, 0.2) is 0 Å². The van der Waals surface area contributed by atoms with Crippen molar-refractivity contribution in [2.45, 2.75) is 96.0 Å². The lowest BCUT2D eigenvalue weighted by atomic mass is 9.80. The third kappa shape index (κ3) is 5.96. The van der Waals surface area contributed by atoms with Crippen molar-refractivity contribution in [3.05, 3.63) is 0 Å². The van der Waals surface area contributed by atoms with E-state index in [2.05, 4.69) is 44.3 Å². The zero-order chi connectivity index (χ0) is 15.8. The molecule has 0 atom stereocenters. The molecular formula is C20H38S2. The number of unbranched alkanes of at least 4 members (excludes halogenated alkanes) is 3. The third-order valence-corrected chi connectivity index (χ3v) is 9.76. The highest BCUT2D eigenvalue weighted by Crippen LogP contribution is 2.49. The maximum Gasteiger partial charge on any atom is 0.0531 e. The summed E-state index contributed by atoms with van der Waals surface area (Å²) in [5.74, 6) is 4.91. The second-order valence-electron chi connectivity index (χ2n) is 8.18. The molecule has 0 aromatic heterocycles. The normalized spacial score (nSPS) is 36.4. The van der Waals surface area contributed by atoms with Gasteiger partial charge in [0.25, 0.3) is 0 Å². The average molecular weight is 343 g/mol. The van der Waals surface area contributed by atoms with Crippen molar-refractivity contribution in [1.29, 1.82) is 0 Å². The molecule has 1 heterocycles. The molecule has 0 N–H and O–H groups in total. The van der Waals surface area contributed by atoms with Gasteiger partial charge in [0.2, 0.25) is 0 Å². The first-order valence-electron chi connectivity index (χ1n) is 9.90.